The average molecular weight is 327 g/mol. The summed E-state index contributed by atoms with van der Waals surface area (Å²) in [7, 11) is 1.72. The number of carbonyl (C=O) groups excluding carboxylic acids is 1. The van der Waals surface area contributed by atoms with Crippen LogP contribution in [0, 0.1) is 6.92 Å². The standard InChI is InChI=1S/C15H16Cl2N2O2/c1-10-6-7-11(21-10)9-19(2)14(20)8-18-13-5-3-4-12(16)15(13)17/h3-7,18H,8-9H2,1-2H3. The van der Waals surface area contributed by atoms with Gasteiger partial charge in [-0.05, 0) is 31.2 Å². The van der Waals surface area contributed by atoms with Crippen molar-refractivity contribution in [3.63, 3.8) is 0 Å². The van der Waals surface area contributed by atoms with Gasteiger partial charge in [-0.25, -0.2) is 0 Å². The third-order valence-corrected chi connectivity index (χ3v) is 3.82. The summed E-state index contributed by atoms with van der Waals surface area (Å²) < 4.78 is 5.45. The summed E-state index contributed by atoms with van der Waals surface area (Å²) in [5.74, 6) is 1.51. The maximum absolute atomic E-state index is 12.1. The zero-order valence-electron chi connectivity index (χ0n) is 11.8. The highest BCUT2D eigenvalue weighted by molar-refractivity contribution is 6.43. The van der Waals surface area contributed by atoms with Crippen LogP contribution in [0.25, 0.3) is 0 Å². The summed E-state index contributed by atoms with van der Waals surface area (Å²) in [5, 5.41) is 3.85. The van der Waals surface area contributed by atoms with Crippen molar-refractivity contribution in [2.75, 3.05) is 18.9 Å². The SMILES string of the molecule is Cc1ccc(CN(C)C(=O)CNc2cccc(Cl)c2Cl)o1. The van der Waals surface area contributed by atoms with Crippen LogP contribution in [-0.4, -0.2) is 24.4 Å². The minimum absolute atomic E-state index is 0.0694. The van der Waals surface area contributed by atoms with Crippen molar-refractivity contribution in [2.24, 2.45) is 0 Å². The molecule has 112 valence electrons. The molecular formula is C15H16Cl2N2O2. The molecule has 6 heteroatoms. The van der Waals surface area contributed by atoms with Gasteiger partial charge in [0.15, 0.2) is 0 Å². The van der Waals surface area contributed by atoms with E-state index in [0.29, 0.717) is 22.3 Å². The maximum atomic E-state index is 12.1. The molecule has 0 radical (unpaired) electrons. The van der Waals surface area contributed by atoms with Crippen molar-refractivity contribution < 1.29 is 9.21 Å². The Bertz CT molecular complexity index is 640. The Morgan fingerprint density at radius 2 is 2.05 bits per heavy atom. The number of benzene rings is 1. The van der Waals surface area contributed by atoms with Gasteiger partial charge in [-0.3, -0.25) is 4.79 Å². The minimum atomic E-state index is -0.0694. The zero-order valence-corrected chi connectivity index (χ0v) is 13.3. The molecule has 2 rings (SSSR count). The number of aryl methyl sites for hydroxylation is 1. The van der Waals surface area contributed by atoms with Crippen LogP contribution >= 0.6 is 23.2 Å². The Labute approximate surface area is 133 Å². The van der Waals surface area contributed by atoms with E-state index in [0.717, 1.165) is 11.5 Å². The molecule has 1 aromatic carbocycles. The van der Waals surface area contributed by atoms with Crippen LogP contribution in [0.5, 0.6) is 0 Å². The van der Waals surface area contributed by atoms with E-state index >= 15 is 0 Å². The third-order valence-electron chi connectivity index (χ3n) is 3.00. The first-order chi connectivity index (χ1) is 9.97. The van der Waals surface area contributed by atoms with Gasteiger partial charge in [-0.2, -0.15) is 0 Å². The van der Waals surface area contributed by atoms with Crippen LogP contribution in [0.15, 0.2) is 34.7 Å². The summed E-state index contributed by atoms with van der Waals surface area (Å²) in [6.07, 6.45) is 0. The topological polar surface area (TPSA) is 45.5 Å². The Morgan fingerprint density at radius 3 is 2.71 bits per heavy atom. The van der Waals surface area contributed by atoms with Gasteiger partial charge in [-0.1, -0.05) is 29.3 Å². The largest absolute Gasteiger partial charge is 0.464 e. The van der Waals surface area contributed by atoms with Crippen molar-refractivity contribution in [1.29, 1.82) is 0 Å². The monoisotopic (exact) mass is 326 g/mol. The number of hydrogen-bond acceptors (Lipinski definition) is 3. The molecule has 0 bridgehead atoms. The van der Waals surface area contributed by atoms with E-state index in [-0.39, 0.29) is 12.5 Å². The minimum Gasteiger partial charge on any atom is -0.464 e. The molecule has 0 saturated carbocycles. The first kappa shape index (κ1) is 15.7. The smallest absolute Gasteiger partial charge is 0.242 e. The number of nitrogens with one attached hydrogen (secondary N) is 1. The molecular weight excluding hydrogens is 311 g/mol. The number of hydrogen-bond donors (Lipinski definition) is 1. The van der Waals surface area contributed by atoms with E-state index in [1.54, 1.807) is 30.1 Å². The van der Waals surface area contributed by atoms with E-state index in [4.69, 9.17) is 27.6 Å². The highest BCUT2D eigenvalue weighted by atomic mass is 35.5. The Hall–Kier alpha value is -1.65. The molecule has 1 N–H and O–H groups in total. The second-order valence-corrected chi connectivity index (χ2v) is 5.50. The molecule has 0 aliphatic rings. The number of amides is 1. The first-order valence-corrected chi connectivity index (χ1v) is 7.20. The number of likely N-dealkylation sites (N-methyl/N-ethyl adjacent to an activating group) is 1. The van der Waals surface area contributed by atoms with E-state index in [1.165, 1.54) is 0 Å². The predicted molar refractivity (Wildman–Crippen MR) is 84.9 cm³/mol. The van der Waals surface area contributed by atoms with Gasteiger partial charge >= 0.3 is 0 Å². The molecule has 1 heterocycles. The number of halogens is 2. The lowest BCUT2D eigenvalue weighted by Gasteiger charge is -2.17. The van der Waals surface area contributed by atoms with Gasteiger partial charge in [0.1, 0.15) is 11.5 Å². The molecule has 0 aliphatic heterocycles. The van der Waals surface area contributed by atoms with Crippen LogP contribution in [-0.2, 0) is 11.3 Å². The fourth-order valence-electron chi connectivity index (χ4n) is 1.84. The molecule has 0 atom stereocenters. The van der Waals surface area contributed by atoms with Gasteiger partial charge in [0.2, 0.25) is 5.91 Å². The van der Waals surface area contributed by atoms with Crippen molar-refractivity contribution in [2.45, 2.75) is 13.5 Å². The fraction of sp³-hybridized carbons (Fsp3) is 0.267. The first-order valence-electron chi connectivity index (χ1n) is 6.44. The van der Waals surface area contributed by atoms with Crippen LogP contribution in [0.3, 0.4) is 0 Å². The Kier molecular flexibility index (Phi) is 5.15. The third kappa shape index (κ3) is 4.16. The number of anilines is 1. The van der Waals surface area contributed by atoms with Crippen LogP contribution < -0.4 is 5.32 Å². The van der Waals surface area contributed by atoms with Crippen LogP contribution in [0.2, 0.25) is 10.0 Å². The summed E-state index contributed by atoms with van der Waals surface area (Å²) in [5.41, 5.74) is 0.639. The summed E-state index contributed by atoms with van der Waals surface area (Å²) in [6.45, 7) is 2.43. The summed E-state index contributed by atoms with van der Waals surface area (Å²) in [4.78, 5) is 13.7. The molecule has 0 spiro atoms. The fourth-order valence-corrected chi connectivity index (χ4v) is 2.21. The average Bonchev–Trinajstić information content (AvgIpc) is 2.85. The van der Waals surface area contributed by atoms with Gasteiger partial charge in [0, 0.05) is 7.05 Å². The van der Waals surface area contributed by atoms with Crippen LogP contribution in [0.4, 0.5) is 5.69 Å². The number of rotatable bonds is 5. The molecule has 21 heavy (non-hydrogen) atoms. The van der Waals surface area contributed by atoms with Crippen molar-refractivity contribution in [1.82, 2.24) is 4.90 Å². The van der Waals surface area contributed by atoms with Gasteiger partial charge in [0.05, 0.1) is 28.8 Å². The quantitative estimate of drug-likeness (QED) is 0.904. The molecule has 1 amide bonds. The molecule has 4 nitrogen and oxygen atoms in total. The second-order valence-electron chi connectivity index (χ2n) is 4.72. The Balaban J connectivity index is 1.90. The van der Waals surface area contributed by atoms with Crippen molar-refractivity contribution in [3.8, 4) is 0 Å². The van der Waals surface area contributed by atoms with Gasteiger partial charge in [-0.15, -0.1) is 0 Å². The summed E-state index contributed by atoms with van der Waals surface area (Å²) in [6, 6.07) is 8.98. The molecule has 0 aliphatic carbocycles. The molecule has 1 aromatic heterocycles. The zero-order chi connectivity index (χ0) is 15.4. The maximum Gasteiger partial charge on any atom is 0.242 e. The number of furan rings is 1. The molecule has 2 aromatic rings. The normalized spacial score (nSPS) is 10.5. The lowest BCUT2D eigenvalue weighted by atomic mass is 10.3. The van der Waals surface area contributed by atoms with E-state index in [1.807, 2.05) is 19.1 Å². The van der Waals surface area contributed by atoms with E-state index in [9.17, 15) is 4.79 Å². The molecule has 0 saturated heterocycles. The Morgan fingerprint density at radius 1 is 1.29 bits per heavy atom. The van der Waals surface area contributed by atoms with Gasteiger partial charge in [0.25, 0.3) is 0 Å². The predicted octanol–water partition coefficient (Wildman–Crippen LogP) is 3.97. The van der Waals surface area contributed by atoms with Crippen molar-refractivity contribution >= 4 is 34.8 Å². The highest BCUT2D eigenvalue weighted by Gasteiger charge is 2.12. The van der Waals surface area contributed by atoms with E-state index < -0.39 is 0 Å². The number of carbonyl (C=O) groups is 1. The molecule has 0 fully saturated rings. The van der Waals surface area contributed by atoms with Crippen LogP contribution in [0.1, 0.15) is 11.5 Å². The number of nitrogens with zero attached hydrogens (tertiary/aromatic N) is 1. The lowest BCUT2D eigenvalue weighted by Crippen LogP contribution is -2.31. The molecule has 0 unspecified atom stereocenters. The second kappa shape index (κ2) is 6.87. The highest BCUT2D eigenvalue weighted by Crippen LogP contribution is 2.29. The lowest BCUT2D eigenvalue weighted by molar-refractivity contribution is -0.128. The summed E-state index contributed by atoms with van der Waals surface area (Å²) >= 11 is 12.0. The van der Waals surface area contributed by atoms with E-state index in [2.05, 4.69) is 5.32 Å². The van der Waals surface area contributed by atoms with Gasteiger partial charge < -0.3 is 14.6 Å². The van der Waals surface area contributed by atoms with Crippen molar-refractivity contribution in [3.05, 3.63) is 51.9 Å².